The topological polar surface area (TPSA) is 98.8 Å². The molecule has 0 unspecified atom stereocenters. The summed E-state index contributed by atoms with van der Waals surface area (Å²) in [5.41, 5.74) is 3.30. The summed E-state index contributed by atoms with van der Waals surface area (Å²) < 4.78 is 39.8. The molecule has 1 fully saturated rings. The van der Waals surface area contributed by atoms with Crippen LogP contribution in [0.15, 0.2) is 42.5 Å². The minimum atomic E-state index is -0.786. The molecule has 2 heterocycles. The third kappa shape index (κ3) is 4.07. The van der Waals surface area contributed by atoms with Crippen LogP contribution in [-0.4, -0.2) is 46.7 Å². The number of hydrogen-bond acceptors (Lipinski definition) is 9. The van der Waals surface area contributed by atoms with E-state index in [-0.39, 0.29) is 24.2 Å². The number of halogens is 1. The molecule has 208 valence electrons. The third-order valence-electron chi connectivity index (χ3n) is 7.74. The van der Waals surface area contributed by atoms with Crippen LogP contribution in [-0.2, 0) is 14.3 Å². The molecule has 1 aliphatic carbocycles. The number of cyclic esters (lactones) is 1. The van der Waals surface area contributed by atoms with Crippen molar-refractivity contribution in [3.05, 3.63) is 75.3 Å². The van der Waals surface area contributed by atoms with Crippen LogP contribution in [0.3, 0.4) is 0 Å². The van der Waals surface area contributed by atoms with E-state index in [4.69, 9.17) is 44.8 Å². The van der Waals surface area contributed by atoms with Crippen LogP contribution in [0.25, 0.3) is 0 Å². The van der Waals surface area contributed by atoms with Gasteiger partial charge in [0.05, 0.1) is 44.4 Å². The van der Waals surface area contributed by atoms with Gasteiger partial charge in [-0.1, -0.05) is 29.3 Å². The zero-order valence-electron chi connectivity index (χ0n) is 22.3. The lowest BCUT2D eigenvalue weighted by Gasteiger charge is -2.39. The Kier molecular flexibility index (Phi) is 6.62. The van der Waals surface area contributed by atoms with Gasteiger partial charge in [0, 0.05) is 17.4 Å². The standard InChI is InChI=1S/C30H27ClO9/c1-14-6-5-7-15(8-14)29(32)40-26-17-10-21-20(38-13-39-21)9-16(17)23(24-19(26)12-37-30(24)33)18-11-22(34-2)27(35-3)28(36-4)25(18)31/h5-11,19,23-24,26H,12-13H2,1-4H3/t19-,23-,24-,26-/m0/s1. The van der Waals surface area contributed by atoms with Gasteiger partial charge >= 0.3 is 11.9 Å². The van der Waals surface area contributed by atoms with Crippen LogP contribution < -0.4 is 23.7 Å². The van der Waals surface area contributed by atoms with Crippen molar-refractivity contribution in [2.75, 3.05) is 34.7 Å². The van der Waals surface area contributed by atoms with Gasteiger partial charge in [0.15, 0.2) is 23.0 Å². The van der Waals surface area contributed by atoms with E-state index >= 15 is 0 Å². The Bertz CT molecular complexity index is 1520. The minimum absolute atomic E-state index is 0.0521. The fourth-order valence-electron chi connectivity index (χ4n) is 5.96. The molecule has 1 saturated heterocycles. The largest absolute Gasteiger partial charge is 0.493 e. The second-order valence-corrected chi connectivity index (χ2v) is 10.3. The average molecular weight is 567 g/mol. The highest BCUT2D eigenvalue weighted by molar-refractivity contribution is 6.33. The summed E-state index contributed by atoms with van der Waals surface area (Å²) in [6, 6.07) is 12.5. The molecule has 3 aliphatic rings. The molecular formula is C30H27ClO9. The van der Waals surface area contributed by atoms with Gasteiger partial charge in [-0.25, -0.2) is 4.79 Å². The summed E-state index contributed by atoms with van der Waals surface area (Å²) in [7, 11) is 4.48. The summed E-state index contributed by atoms with van der Waals surface area (Å²) >= 11 is 6.94. The molecule has 10 heteroatoms. The minimum Gasteiger partial charge on any atom is -0.493 e. The van der Waals surface area contributed by atoms with Crippen LogP contribution in [0, 0.1) is 18.8 Å². The molecular weight excluding hydrogens is 540 g/mol. The van der Waals surface area contributed by atoms with Gasteiger partial charge in [-0.15, -0.1) is 0 Å². The van der Waals surface area contributed by atoms with E-state index in [1.54, 1.807) is 24.3 Å². The van der Waals surface area contributed by atoms with Crippen molar-refractivity contribution in [3.8, 4) is 28.7 Å². The summed E-state index contributed by atoms with van der Waals surface area (Å²) in [6.07, 6.45) is -0.786. The lowest BCUT2D eigenvalue weighted by Crippen LogP contribution is -2.36. The number of methoxy groups -OCH3 is 3. The van der Waals surface area contributed by atoms with E-state index in [0.29, 0.717) is 45.3 Å². The number of benzene rings is 3. The number of esters is 2. The monoisotopic (exact) mass is 566 g/mol. The van der Waals surface area contributed by atoms with Crippen LogP contribution in [0.2, 0.25) is 5.02 Å². The van der Waals surface area contributed by atoms with Crippen molar-refractivity contribution in [2.45, 2.75) is 18.9 Å². The van der Waals surface area contributed by atoms with Gasteiger partial charge in [0.2, 0.25) is 12.5 Å². The highest BCUT2D eigenvalue weighted by Gasteiger charge is 2.54. The van der Waals surface area contributed by atoms with Crippen molar-refractivity contribution < 1.29 is 42.7 Å². The molecule has 4 atom stereocenters. The fourth-order valence-corrected chi connectivity index (χ4v) is 6.29. The first kappa shape index (κ1) is 26.1. The highest BCUT2D eigenvalue weighted by Crippen LogP contribution is 2.58. The van der Waals surface area contributed by atoms with Gasteiger partial charge in [-0.2, -0.15) is 0 Å². The maximum atomic E-state index is 13.4. The van der Waals surface area contributed by atoms with Crippen molar-refractivity contribution >= 4 is 23.5 Å². The first-order valence-corrected chi connectivity index (χ1v) is 13.1. The molecule has 6 rings (SSSR count). The Hall–Kier alpha value is -4.11. The van der Waals surface area contributed by atoms with E-state index < -0.39 is 35.8 Å². The molecule has 0 saturated carbocycles. The molecule has 3 aromatic rings. The molecule has 9 nitrogen and oxygen atoms in total. The lowest BCUT2D eigenvalue weighted by atomic mass is 9.66. The first-order valence-electron chi connectivity index (χ1n) is 12.7. The zero-order valence-corrected chi connectivity index (χ0v) is 23.1. The molecule has 0 N–H and O–H groups in total. The second-order valence-electron chi connectivity index (χ2n) is 9.88. The highest BCUT2D eigenvalue weighted by atomic mass is 35.5. The number of carbonyl (C=O) groups is 2. The molecule has 0 aromatic heterocycles. The second kappa shape index (κ2) is 10.1. The van der Waals surface area contributed by atoms with E-state index in [0.717, 1.165) is 5.56 Å². The van der Waals surface area contributed by atoms with Crippen LogP contribution in [0.1, 0.15) is 44.6 Å². The number of fused-ring (bicyclic) bond motifs is 3. The van der Waals surface area contributed by atoms with Crippen molar-refractivity contribution in [1.82, 2.24) is 0 Å². The predicted octanol–water partition coefficient (Wildman–Crippen LogP) is 5.24. The van der Waals surface area contributed by atoms with Crippen LogP contribution in [0.5, 0.6) is 28.7 Å². The Balaban J connectivity index is 1.55. The van der Waals surface area contributed by atoms with Crippen LogP contribution >= 0.6 is 11.6 Å². The summed E-state index contributed by atoms with van der Waals surface area (Å²) in [5, 5.41) is 0.266. The SMILES string of the molecule is COc1cc([C@@H]2c3cc4c(cc3[C@H](OC(=O)c3cccc(C)c3)[C@H]3COC(=O)[C@H]23)OCO4)c(Cl)c(OC)c1OC. The summed E-state index contributed by atoms with van der Waals surface area (Å²) in [5.74, 6) is -0.698. The van der Waals surface area contributed by atoms with E-state index in [1.807, 2.05) is 25.1 Å². The zero-order chi connectivity index (χ0) is 28.1. The van der Waals surface area contributed by atoms with Gasteiger partial charge < -0.3 is 33.2 Å². The summed E-state index contributed by atoms with van der Waals surface area (Å²) in [4.78, 5) is 26.7. The Morgan fingerprint density at radius 2 is 1.62 bits per heavy atom. The molecule has 0 radical (unpaired) electrons. The molecule has 0 bridgehead atoms. The number of rotatable bonds is 6. The number of carbonyl (C=O) groups excluding carboxylic acids is 2. The fraction of sp³-hybridized carbons (Fsp3) is 0.333. The van der Waals surface area contributed by atoms with Gasteiger partial charge in [0.25, 0.3) is 0 Å². The molecule has 0 amide bonds. The first-order chi connectivity index (χ1) is 19.4. The smallest absolute Gasteiger partial charge is 0.338 e. The number of hydrogen-bond donors (Lipinski definition) is 0. The quantitative estimate of drug-likeness (QED) is 0.371. The van der Waals surface area contributed by atoms with E-state index in [2.05, 4.69) is 0 Å². The predicted molar refractivity (Wildman–Crippen MR) is 143 cm³/mol. The van der Waals surface area contributed by atoms with Crippen molar-refractivity contribution in [3.63, 3.8) is 0 Å². The average Bonchev–Trinajstić information content (AvgIpc) is 3.58. The molecule has 2 aliphatic heterocycles. The Labute approximate surface area is 235 Å². The van der Waals surface area contributed by atoms with E-state index in [1.165, 1.54) is 21.3 Å². The molecule has 3 aromatic carbocycles. The maximum absolute atomic E-state index is 13.4. The van der Waals surface area contributed by atoms with Gasteiger partial charge in [-0.05, 0) is 48.4 Å². The van der Waals surface area contributed by atoms with Crippen molar-refractivity contribution in [2.24, 2.45) is 11.8 Å². The summed E-state index contributed by atoms with van der Waals surface area (Å²) in [6.45, 7) is 2.02. The lowest BCUT2D eigenvalue weighted by molar-refractivity contribution is -0.141. The number of ether oxygens (including phenoxy) is 7. The van der Waals surface area contributed by atoms with E-state index in [9.17, 15) is 9.59 Å². The van der Waals surface area contributed by atoms with Crippen molar-refractivity contribution in [1.29, 1.82) is 0 Å². The van der Waals surface area contributed by atoms with Crippen LogP contribution in [0.4, 0.5) is 0 Å². The normalized spacial score (nSPS) is 22.2. The molecule has 0 spiro atoms. The van der Waals surface area contributed by atoms with Gasteiger partial charge in [-0.3, -0.25) is 4.79 Å². The Morgan fingerprint density at radius 1 is 0.900 bits per heavy atom. The Morgan fingerprint density at radius 3 is 2.30 bits per heavy atom. The maximum Gasteiger partial charge on any atom is 0.338 e. The van der Waals surface area contributed by atoms with Gasteiger partial charge in [0.1, 0.15) is 6.10 Å². The molecule has 40 heavy (non-hydrogen) atoms. The third-order valence-corrected chi connectivity index (χ3v) is 8.13. The number of aryl methyl sites for hydroxylation is 1.